The van der Waals surface area contributed by atoms with Gasteiger partial charge in [-0.15, -0.1) is 11.3 Å². The molecule has 1 heterocycles. The Morgan fingerprint density at radius 3 is 2.15 bits per heavy atom. The van der Waals surface area contributed by atoms with Crippen molar-refractivity contribution in [2.24, 2.45) is 0 Å². The molecule has 0 saturated heterocycles. The standard InChI is InChI=1S/C24H23NS/c1-16-5-6-19(13-17(16)2)20-7-9-23(18(3)14-20)25(4)22-8-10-24-21(15-22)11-12-26-24/h5-15H,1-4H3. The van der Waals surface area contributed by atoms with E-state index in [-0.39, 0.29) is 0 Å². The number of benzene rings is 3. The molecule has 1 nitrogen and oxygen atoms in total. The molecule has 0 bridgehead atoms. The fraction of sp³-hybridized carbons (Fsp3) is 0.167. The van der Waals surface area contributed by atoms with Crippen LogP contribution in [0.4, 0.5) is 11.4 Å². The highest BCUT2D eigenvalue weighted by Crippen LogP contribution is 2.33. The fourth-order valence-corrected chi connectivity index (χ4v) is 4.21. The molecular weight excluding hydrogens is 334 g/mol. The minimum atomic E-state index is 1.22. The Morgan fingerprint density at radius 2 is 1.42 bits per heavy atom. The van der Waals surface area contributed by atoms with Crippen molar-refractivity contribution in [3.8, 4) is 11.1 Å². The number of fused-ring (bicyclic) bond motifs is 1. The lowest BCUT2D eigenvalue weighted by Gasteiger charge is -2.22. The van der Waals surface area contributed by atoms with Crippen LogP contribution in [0.15, 0.2) is 66.0 Å². The van der Waals surface area contributed by atoms with E-state index in [9.17, 15) is 0 Å². The number of thiophene rings is 1. The number of aryl methyl sites for hydroxylation is 3. The SMILES string of the molecule is Cc1ccc(-c2ccc(N(C)c3ccc4sccc4c3)c(C)c2)cc1C. The third-order valence-corrected chi connectivity index (χ3v) is 6.12. The van der Waals surface area contributed by atoms with E-state index in [1.165, 1.54) is 49.3 Å². The summed E-state index contributed by atoms with van der Waals surface area (Å²) in [6.07, 6.45) is 0. The van der Waals surface area contributed by atoms with Crippen molar-refractivity contribution in [3.63, 3.8) is 0 Å². The van der Waals surface area contributed by atoms with Crippen molar-refractivity contribution in [2.75, 3.05) is 11.9 Å². The Balaban J connectivity index is 1.69. The van der Waals surface area contributed by atoms with E-state index in [1.807, 2.05) is 0 Å². The third-order valence-electron chi connectivity index (χ3n) is 5.22. The Labute approximate surface area is 159 Å². The first kappa shape index (κ1) is 16.9. The molecule has 0 fully saturated rings. The van der Waals surface area contributed by atoms with Gasteiger partial charge in [-0.1, -0.05) is 24.3 Å². The summed E-state index contributed by atoms with van der Waals surface area (Å²) in [4.78, 5) is 2.27. The van der Waals surface area contributed by atoms with E-state index in [1.54, 1.807) is 11.3 Å². The summed E-state index contributed by atoms with van der Waals surface area (Å²) in [7, 11) is 2.14. The maximum absolute atomic E-state index is 2.29. The summed E-state index contributed by atoms with van der Waals surface area (Å²) < 4.78 is 1.34. The van der Waals surface area contributed by atoms with Gasteiger partial charge in [0.15, 0.2) is 0 Å². The van der Waals surface area contributed by atoms with Crippen LogP contribution in [0, 0.1) is 20.8 Å². The summed E-state index contributed by atoms with van der Waals surface area (Å²) in [6.45, 7) is 6.53. The van der Waals surface area contributed by atoms with Crippen LogP contribution in [-0.4, -0.2) is 7.05 Å². The lowest BCUT2D eigenvalue weighted by atomic mass is 9.98. The second kappa shape index (κ2) is 6.62. The Morgan fingerprint density at radius 1 is 0.692 bits per heavy atom. The first-order valence-electron chi connectivity index (χ1n) is 8.92. The van der Waals surface area contributed by atoms with Crippen molar-refractivity contribution in [1.82, 2.24) is 0 Å². The molecular formula is C24H23NS. The third kappa shape index (κ3) is 3.02. The van der Waals surface area contributed by atoms with Crippen LogP contribution in [0.1, 0.15) is 16.7 Å². The number of hydrogen-bond donors (Lipinski definition) is 0. The average Bonchev–Trinajstić information content (AvgIpc) is 3.11. The smallest absolute Gasteiger partial charge is 0.0438 e. The van der Waals surface area contributed by atoms with Crippen LogP contribution in [0.2, 0.25) is 0 Å². The molecule has 4 rings (SSSR count). The van der Waals surface area contributed by atoms with Crippen molar-refractivity contribution < 1.29 is 0 Å². The minimum Gasteiger partial charge on any atom is -0.344 e. The molecule has 0 spiro atoms. The maximum Gasteiger partial charge on any atom is 0.0438 e. The molecule has 26 heavy (non-hydrogen) atoms. The molecule has 0 N–H and O–H groups in total. The van der Waals surface area contributed by atoms with Gasteiger partial charge < -0.3 is 4.90 Å². The van der Waals surface area contributed by atoms with E-state index in [2.05, 4.69) is 98.8 Å². The molecule has 0 aliphatic heterocycles. The van der Waals surface area contributed by atoms with Crippen molar-refractivity contribution in [3.05, 3.63) is 82.7 Å². The molecule has 0 unspecified atom stereocenters. The minimum absolute atomic E-state index is 1.22. The zero-order valence-corrected chi connectivity index (χ0v) is 16.5. The molecule has 0 saturated carbocycles. The highest BCUT2D eigenvalue weighted by molar-refractivity contribution is 7.17. The second-order valence-corrected chi connectivity index (χ2v) is 7.95. The van der Waals surface area contributed by atoms with Crippen LogP contribution in [-0.2, 0) is 0 Å². The largest absolute Gasteiger partial charge is 0.344 e. The summed E-state index contributed by atoms with van der Waals surface area (Å²) >= 11 is 1.79. The van der Waals surface area contributed by atoms with Gasteiger partial charge in [0.1, 0.15) is 0 Å². The predicted molar refractivity (Wildman–Crippen MR) is 116 cm³/mol. The topological polar surface area (TPSA) is 3.24 Å². The molecule has 0 atom stereocenters. The molecule has 1 aromatic heterocycles. The van der Waals surface area contributed by atoms with Crippen LogP contribution in [0.3, 0.4) is 0 Å². The van der Waals surface area contributed by atoms with Crippen LogP contribution < -0.4 is 4.90 Å². The Bertz CT molecular complexity index is 1090. The molecule has 130 valence electrons. The van der Waals surface area contributed by atoms with Crippen LogP contribution >= 0.6 is 11.3 Å². The number of anilines is 2. The second-order valence-electron chi connectivity index (χ2n) is 7.00. The Kier molecular flexibility index (Phi) is 4.29. The van der Waals surface area contributed by atoms with Crippen molar-refractivity contribution in [2.45, 2.75) is 20.8 Å². The van der Waals surface area contributed by atoms with Gasteiger partial charge in [0.25, 0.3) is 0 Å². The van der Waals surface area contributed by atoms with E-state index < -0.39 is 0 Å². The van der Waals surface area contributed by atoms with Gasteiger partial charge in [0, 0.05) is 23.1 Å². The van der Waals surface area contributed by atoms with Gasteiger partial charge in [-0.25, -0.2) is 0 Å². The Hall–Kier alpha value is -2.58. The maximum atomic E-state index is 2.29. The van der Waals surface area contributed by atoms with Crippen LogP contribution in [0.5, 0.6) is 0 Å². The van der Waals surface area contributed by atoms with Gasteiger partial charge in [0.2, 0.25) is 0 Å². The zero-order chi connectivity index (χ0) is 18.3. The summed E-state index contributed by atoms with van der Waals surface area (Å²) in [5.74, 6) is 0. The zero-order valence-electron chi connectivity index (χ0n) is 15.7. The molecule has 2 heteroatoms. The van der Waals surface area contributed by atoms with Gasteiger partial charge >= 0.3 is 0 Å². The highest BCUT2D eigenvalue weighted by Gasteiger charge is 2.10. The first-order chi connectivity index (χ1) is 12.5. The van der Waals surface area contributed by atoms with E-state index in [4.69, 9.17) is 0 Å². The van der Waals surface area contributed by atoms with Crippen LogP contribution in [0.25, 0.3) is 21.2 Å². The number of nitrogens with zero attached hydrogens (tertiary/aromatic N) is 1. The molecule has 4 aromatic rings. The first-order valence-corrected chi connectivity index (χ1v) is 9.80. The van der Waals surface area contributed by atoms with Crippen molar-refractivity contribution >= 4 is 32.8 Å². The molecule has 0 aliphatic carbocycles. The van der Waals surface area contributed by atoms with Crippen molar-refractivity contribution in [1.29, 1.82) is 0 Å². The van der Waals surface area contributed by atoms with Gasteiger partial charge in [-0.3, -0.25) is 0 Å². The van der Waals surface area contributed by atoms with E-state index >= 15 is 0 Å². The molecule has 0 radical (unpaired) electrons. The average molecular weight is 358 g/mol. The van der Waals surface area contributed by atoms with E-state index in [0.29, 0.717) is 0 Å². The van der Waals surface area contributed by atoms with Gasteiger partial charge in [-0.2, -0.15) is 0 Å². The molecule has 0 aliphatic rings. The quantitative estimate of drug-likeness (QED) is 0.373. The predicted octanol–water partition coefficient (Wildman–Crippen LogP) is 7.26. The normalized spacial score (nSPS) is 11.1. The van der Waals surface area contributed by atoms with Gasteiger partial charge in [0.05, 0.1) is 0 Å². The monoisotopic (exact) mass is 357 g/mol. The summed E-state index contributed by atoms with van der Waals surface area (Å²) in [5.41, 5.74) is 8.98. The fourth-order valence-electron chi connectivity index (χ4n) is 3.43. The number of hydrogen-bond acceptors (Lipinski definition) is 2. The summed E-state index contributed by atoms with van der Waals surface area (Å²) in [6, 6.07) is 22.3. The molecule has 3 aromatic carbocycles. The van der Waals surface area contributed by atoms with Gasteiger partial charge in [-0.05, 0) is 95.8 Å². The van der Waals surface area contributed by atoms with E-state index in [0.717, 1.165) is 0 Å². The highest BCUT2D eigenvalue weighted by atomic mass is 32.1. The summed E-state index contributed by atoms with van der Waals surface area (Å²) in [5, 5.41) is 3.46. The lowest BCUT2D eigenvalue weighted by molar-refractivity contribution is 1.19. The number of rotatable bonds is 3. The lowest BCUT2D eigenvalue weighted by Crippen LogP contribution is -2.10. The molecule has 0 amide bonds.